The standard InChI is InChI=1S/C19H25NO3/c1-4-20-16(22)12-18(10-14-8-6-5-7-9-14)15(21)11-17(2,3)13-19(18,20)23/h5-9,23H,4,10-13H2,1-3H3. The minimum atomic E-state index is -1.38. The minimum absolute atomic E-state index is 0.0180. The van der Waals surface area contributed by atoms with Gasteiger partial charge in [-0.25, -0.2) is 0 Å². The number of amides is 1. The van der Waals surface area contributed by atoms with Gasteiger partial charge in [-0.05, 0) is 24.3 Å². The monoisotopic (exact) mass is 315 g/mol. The molecule has 2 fully saturated rings. The summed E-state index contributed by atoms with van der Waals surface area (Å²) in [7, 11) is 0. The van der Waals surface area contributed by atoms with Gasteiger partial charge in [0, 0.05) is 25.8 Å². The van der Waals surface area contributed by atoms with Crippen molar-refractivity contribution in [2.45, 2.75) is 52.2 Å². The predicted molar refractivity (Wildman–Crippen MR) is 87.6 cm³/mol. The molecule has 2 unspecified atom stereocenters. The lowest BCUT2D eigenvalue weighted by atomic mass is 9.57. The van der Waals surface area contributed by atoms with Crippen LogP contribution in [0.25, 0.3) is 0 Å². The molecule has 124 valence electrons. The highest BCUT2D eigenvalue weighted by molar-refractivity contribution is 5.96. The number of likely N-dealkylation sites (tertiary alicyclic amines) is 1. The molecular formula is C19H25NO3. The fraction of sp³-hybridized carbons (Fsp3) is 0.579. The van der Waals surface area contributed by atoms with Crippen LogP contribution in [0, 0.1) is 10.8 Å². The Kier molecular flexibility index (Phi) is 3.64. The smallest absolute Gasteiger partial charge is 0.226 e. The molecule has 0 radical (unpaired) electrons. The highest BCUT2D eigenvalue weighted by Gasteiger charge is 2.68. The fourth-order valence-electron chi connectivity index (χ4n) is 4.56. The van der Waals surface area contributed by atoms with E-state index in [4.69, 9.17) is 0 Å². The van der Waals surface area contributed by atoms with Crippen molar-refractivity contribution in [3.05, 3.63) is 35.9 Å². The summed E-state index contributed by atoms with van der Waals surface area (Å²) in [6.45, 7) is 6.27. The van der Waals surface area contributed by atoms with Gasteiger partial charge in [-0.15, -0.1) is 0 Å². The molecule has 4 heteroatoms. The summed E-state index contributed by atoms with van der Waals surface area (Å²) in [4.78, 5) is 27.2. The van der Waals surface area contributed by atoms with Crippen molar-refractivity contribution in [2.75, 3.05) is 6.54 Å². The lowest BCUT2D eigenvalue weighted by Crippen LogP contribution is -2.63. The maximum Gasteiger partial charge on any atom is 0.226 e. The Morgan fingerprint density at radius 3 is 2.39 bits per heavy atom. The van der Waals surface area contributed by atoms with Gasteiger partial charge in [0.05, 0.1) is 5.41 Å². The molecule has 1 aromatic carbocycles. The zero-order valence-corrected chi connectivity index (χ0v) is 14.1. The Morgan fingerprint density at radius 1 is 1.13 bits per heavy atom. The predicted octanol–water partition coefficient (Wildman–Crippen LogP) is 2.55. The number of benzene rings is 1. The van der Waals surface area contributed by atoms with Gasteiger partial charge in [-0.3, -0.25) is 9.59 Å². The summed E-state index contributed by atoms with van der Waals surface area (Å²) in [5, 5.41) is 11.5. The van der Waals surface area contributed by atoms with Gasteiger partial charge in [0.2, 0.25) is 5.91 Å². The molecule has 1 heterocycles. The molecule has 1 aromatic rings. The Balaban J connectivity index is 2.10. The van der Waals surface area contributed by atoms with E-state index in [-0.39, 0.29) is 23.5 Å². The summed E-state index contributed by atoms with van der Waals surface area (Å²) in [6.07, 6.45) is 1.38. The van der Waals surface area contributed by atoms with Gasteiger partial charge in [0.15, 0.2) is 5.72 Å². The topological polar surface area (TPSA) is 57.6 Å². The van der Waals surface area contributed by atoms with Gasteiger partial charge < -0.3 is 10.0 Å². The van der Waals surface area contributed by atoms with Crippen LogP contribution in [-0.2, 0) is 16.0 Å². The van der Waals surface area contributed by atoms with E-state index in [9.17, 15) is 14.7 Å². The molecule has 1 saturated heterocycles. The first-order valence-corrected chi connectivity index (χ1v) is 8.34. The third-order valence-corrected chi connectivity index (χ3v) is 5.53. The Bertz CT molecular complexity index is 639. The van der Waals surface area contributed by atoms with Crippen molar-refractivity contribution in [2.24, 2.45) is 10.8 Å². The molecule has 0 aromatic heterocycles. The van der Waals surface area contributed by atoms with Crippen LogP contribution in [0.4, 0.5) is 0 Å². The summed E-state index contributed by atoms with van der Waals surface area (Å²) in [5.74, 6) is -0.0959. The van der Waals surface area contributed by atoms with Gasteiger partial charge >= 0.3 is 0 Å². The van der Waals surface area contributed by atoms with Crippen molar-refractivity contribution in [3.8, 4) is 0 Å². The molecule has 0 spiro atoms. The Hall–Kier alpha value is -1.68. The molecule has 3 rings (SSSR count). The molecule has 1 aliphatic heterocycles. The SMILES string of the molecule is CCN1C(=O)CC2(Cc3ccccc3)C(=O)CC(C)(C)CC12O. The first-order chi connectivity index (χ1) is 10.7. The number of Topliss-reactive ketones (excluding diaryl/α,β-unsaturated/α-hetero) is 1. The van der Waals surface area contributed by atoms with Gasteiger partial charge in [-0.2, -0.15) is 0 Å². The van der Waals surface area contributed by atoms with E-state index < -0.39 is 11.1 Å². The van der Waals surface area contributed by atoms with E-state index >= 15 is 0 Å². The van der Waals surface area contributed by atoms with Crippen molar-refractivity contribution in [1.82, 2.24) is 4.90 Å². The van der Waals surface area contributed by atoms with E-state index in [0.29, 0.717) is 25.8 Å². The molecular weight excluding hydrogens is 290 g/mol. The number of hydrogen-bond acceptors (Lipinski definition) is 3. The second-order valence-electron chi connectivity index (χ2n) is 7.82. The maximum absolute atomic E-state index is 13.1. The highest BCUT2D eigenvalue weighted by Crippen LogP contribution is 2.57. The minimum Gasteiger partial charge on any atom is -0.370 e. The largest absolute Gasteiger partial charge is 0.370 e. The number of carbonyl (C=O) groups is 2. The van der Waals surface area contributed by atoms with Crippen LogP contribution in [0.2, 0.25) is 0 Å². The van der Waals surface area contributed by atoms with Crippen LogP contribution in [0.1, 0.15) is 45.6 Å². The van der Waals surface area contributed by atoms with Gasteiger partial charge in [-0.1, -0.05) is 44.2 Å². The molecule has 4 nitrogen and oxygen atoms in total. The van der Waals surface area contributed by atoms with E-state index in [1.165, 1.54) is 4.90 Å². The normalized spacial score (nSPS) is 33.0. The maximum atomic E-state index is 13.1. The van der Waals surface area contributed by atoms with Crippen molar-refractivity contribution in [1.29, 1.82) is 0 Å². The lowest BCUT2D eigenvalue weighted by molar-refractivity contribution is -0.199. The number of nitrogens with zero attached hydrogens (tertiary/aromatic N) is 1. The second-order valence-corrected chi connectivity index (χ2v) is 7.82. The molecule has 1 amide bonds. The van der Waals surface area contributed by atoms with E-state index in [0.717, 1.165) is 5.56 Å². The molecule has 1 aliphatic carbocycles. The van der Waals surface area contributed by atoms with Gasteiger partial charge in [0.25, 0.3) is 0 Å². The fourth-order valence-corrected chi connectivity index (χ4v) is 4.56. The number of fused-ring (bicyclic) bond motifs is 1. The van der Waals surface area contributed by atoms with E-state index in [1.807, 2.05) is 51.1 Å². The molecule has 2 aliphatic rings. The zero-order chi connectivity index (χ0) is 16.9. The number of carbonyl (C=O) groups excluding carboxylic acids is 2. The van der Waals surface area contributed by atoms with Crippen LogP contribution in [-0.4, -0.2) is 34.0 Å². The van der Waals surface area contributed by atoms with Crippen LogP contribution >= 0.6 is 0 Å². The molecule has 1 saturated carbocycles. The average molecular weight is 315 g/mol. The van der Waals surface area contributed by atoms with Crippen molar-refractivity contribution in [3.63, 3.8) is 0 Å². The third kappa shape index (κ3) is 2.31. The first-order valence-electron chi connectivity index (χ1n) is 8.34. The number of hydrogen-bond donors (Lipinski definition) is 1. The average Bonchev–Trinajstić information content (AvgIpc) is 2.66. The molecule has 0 bridgehead atoms. The first kappa shape index (κ1) is 16.2. The van der Waals surface area contributed by atoms with Crippen LogP contribution in [0.3, 0.4) is 0 Å². The summed E-state index contributed by atoms with van der Waals surface area (Å²) >= 11 is 0. The summed E-state index contributed by atoms with van der Waals surface area (Å²) in [5.41, 5.74) is -1.71. The lowest BCUT2D eigenvalue weighted by Gasteiger charge is -2.52. The molecule has 23 heavy (non-hydrogen) atoms. The van der Waals surface area contributed by atoms with Crippen molar-refractivity contribution < 1.29 is 14.7 Å². The summed E-state index contributed by atoms with van der Waals surface area (Å²) in [6, 6.07) is 9.70. The van der Waals surface area contributed by atoms with E-state index in [2.05, 4.69) is 0 Å². The van der Waals surface area contributed by atoms with Crippen LogP contribution in [0.15, 0.2) is 30.3 Å². The second kappa shape index (κ2) is 5.17. The molecule has 2 atom stereocenters. The van der Waals surface area contributed by atoms with E-state index in [1.54, 1.807) is 0 Å². The van der Waals surface area contributed by atoms with Crippen LogP contribution in [0.5, 0.6) is 0 Å². The number of aliphatic hydroxyl groups is 1. The Labute approximate surface area is 137 Å². The van der Waals surface area contributed by atoms with Crippen molar-refractivity contribution >= 4 is 11.7 Å². The summed E-state index contributed by atoms with van der Waals surface area (Å²) < 4.78 is 0. The number of rotatable bonds is 3. The number of ketones is 1. The quantitative estimate of drug-likeness (QED) is 0.932. The highest BCUT2D eigenvalue weighted by atomic mass is 16.3. The Morgan fingerprint density at radius 2 is 1.78 bits per heavy atom. The molecule has 1 N–H and O–H groups in total. The van der Waals surface area contributed by atoms with Gasteiger partial charge in [0.1, 0.15) is 5.78 Å². The third-order valence-electron chi connectivity index (χ3n) is 5.53. The zero-order valence-electron chi connectivity index (χ0n) is 14.1. The van der Waals surface area contributed by atoms with Crippen LogP contribution < -0.4 is 0 Å².